The van der Waals surface area contributed by atoms with E-state index in [9.17, 15) is 13.6 Å². The molecule has 0 bridgehead atoms. The van der Waals surface area contributed by atoms with Gasteiger partial charge in [0.05, 0.1) is 5.56 Å². The first-order valence-electron chi connectivity index (χ1n) is 7.37. The number of carbonyl (C=O) groups is 1. The van der Waals surface area contributed by atoms with Crippen LogP contribution in [-0.2, 0) is 0 Å². The van der Waals surface area contributed by atoms with Crippen molar-refractivity contribution in [1.29, 1.82) is 0 Å². The third-order valence-corrected chi connectivity index (χ3v) is 4.30. The highest BCUT2D eigenvalue weighted by Gasteiger charge is 2.24. The Hall–Kier alpha value is -1.65. The van der Waals surface area contributed by atoms with E-state index in [1.807, 2.05) is 0 Å². The zero-order valence-corrected chi connectivity index (χ0v) is 12.4. The van der Waals surface area contributed by atoms with Crippen molar-refractivity contribution in [2.75, 3.05) is 18.0 Å². The van der Waals surface area contributed by atoms with Crippen molar-refractivity contribution in [2.24, 2.45) is 11.8 Å². The molecule has 1 N–H and O–H groups in total. The molecule has 1 aromatic carbocycles. The Morgan fingerprint density at radius 1 is 1.24 bits per heavy atom. The lowest BCUT2D eigenvalue weighted by Gasteiger charge is -2.24. The maximum atomic E-state index is 14.1. The number of carboxylic acid groups (broad SMARTS) is 1. The van der Waals surface area contributed by atoms with E-state index in [-0.39, 0.29) is 11.3 Å². The minimum absolute atomic E-state index is 0.0931. The second-order valence-corrected chi connectivity index (χ2v) is 6.02. The zero-order chi connectivity index (χ0) is 15.6. The number of hydrogen-bond donors (Lipinski definition) is 1. The van der Waals surface area contributed by atoms with Crippen LogP contribution >= 0.6 is 0 Å². The molecule has 0 amide bonds. The van der Waals surface area contributed by atoms with Gasteiger partial charge in [-0.2, -0.15) is 0 Å². The Kier molecular flexibility index (Phi) is 4.80. The molecule has 21 heavy (non-hydrogen) atoms. The molecule has 1 fully saturated rings. The van der Waals surface area contributed by atoms with E-state index < -0.39 is 17.6 Å². The summed E-state index contributed by atoms with van der Waals surface area (Å²) in [6.07, 6.45) is 2.85. The number of halogens is 2. The molecule has 1 saturated heterocycles. The van der Waals surface area contributed by atoms with Crippen molar-refractivity contribution in [3.63, 3.8) is 0 Å². The SMILES string of the molecule is CC(C)C1CCCN(c2c(F)cc(C(=O)O)cc2F)CC1. The number of hydrogen-bond acceptors (Lipinski definition) is 2. The van der Waals surface area contributed by atoms with Crippen LogP contribution in [-0.4, -0.2) is 24.2 Å². The van der Waals surface area contributed by atoms with Gasteiger partial charge >= 0.3 is 5.97 Å². The fourth-order valence-corrected chi connectivity index (χ4v) is 3.00. The van der Waals surface area contributed by atoms with Gasteiger partial charge < -0.3 is 10.0 Å². The largest absolute Gasteiger partial charge is 0.478 e. The maximum Gasteiger partial charge on any atom is 0.335 e. The summed E-state index contributed by atoms with van der Waals surface area (Å²) in [7, 11) is 0. The predicted molar refractivity (Wildman–Crippen MR) is 77.7 cm³/mol. The number of benzene rings is 1. The number of nitrogens with zero attached hydrogens (tertiary/aromatic N) is 1. The summed E-state index contributed by atoms with van der Waals surface area (Å²) >= 11 is 0. The second-order valence-electron chi connectivity index (χ2n) is 6.02. The summed E-state index contributed by atoms with van der Waals surface area (Å²) in [4.78, 5) is 12.5. The predicted octanol–water partition coefficient (Wildman–Crippen LogP) is 3.93. The number of aromatic carboxylic acids is 1. The Balaban J connectivity index is 2.24. The van der Waals surface area contributed by atoms with Crippen molar-refractivity contribution >= 4 is 11.7 Å². The lowest BCUT2D eigenvalue weighted by molar-refractivity contribution is 0.0695. The van der Waals surface area contributed by atoms with Crippen molar-refractivity contribution in [3.05, 3.63) is 29.3 Å². The molecule has 3 nitrogen and oxygen atoms in total. The lowest BCUT2D eigenvalue weighted by Crippen LogP contribution is -2.27. The average Bonchev–Trinajstić information content (AvgIpc) is 2.63. The van der Waals surface area contributed by atoms with Crippen molar-refractivity contribution in [2.45, 2.75) is 33.1 Å². The first-order chi connectivity index (χ1) is 9.90. The average molecular weight is 297 g/mol. The van der Waals surface area contributed by atoms with Gasteiger partial charge in [0.25, 0.3) is 0 Å². The normalized spacial score (nSPS) is 19.7. The zero-order valence-electron chi connectivity index (χ0n) is 12.4. The van der Waals surface area contributed by atoms with Gasteiger partial charge in [0.15, 0.2) is 0 Å². The first kappa shape index (κ1) is 15.7. The van der Waals surface area contributed by atoms with Gasteiger partial charge in [-0.3, -0.25) is 0 Å². The van der Waals surface area contributed by atoms with Gasteiger partial charge in [0.2, 0.25) is 0 Å². The Morgan fingerprint density at radius 3 is 2.38 bits per heavy atom. The van der Waals surface area contributed by atoms with Crippen LogP contribution in [0.15, 0.2) is 12.1 Å². The number of carboxylic acids is 1. The fraction of sp³-hybridized carbons (Fsp3) is 0.562. The third kappa shape index (κ3) is 3.52. The second kappa shape index (κ2) is 6.41. The molecule has 1 unspecified atom stereocenters. The summed E-state index contributed by atoms with van der Waals surface area (Å²) in [5.74, 6) is -1.78. The maximum absolute atomic E-state index is 14.1. The summed E-state index contributed by atoms with van der Waals surface area (Å²) < 4.78 is 28.2. The molecule has 1 heterocycles. The van der Waals surface area contributed by atoms with Crippen molar-refractivity contribution in [3.8, 4) is 0 Å². The van der Waals surface area contributed by atoms with Gasteiger partial charge in [0.1, 0.15) is 17.3 Å². The molecular formula is C16H21F2NO2. The third-order valence-electron chi connectivity index (χ3n) is 4.30. The topological polar surface area (TPSA) is 40.5 Å². The highest BCUT2D eigenvalue weighted by molar-refractivity contribution is 5.88. The van der Waals surface area contributed by atoms with Crippen LogP contribution in [0, 0.1) is 23.5 Å². The van der Waals surface area contributed by atoms with Crippen LogP contribution in [0.4, 0.5) is 14.5 Å². The summed E-state index contributed by atoms with van der Waals surface area (Å²) in [5.41, 5.74) is -0.451. The molecule has 116 valence electrons. The highest BCUT2D eigenvalue weighted by atomic mass is 19.1. The summed E-state index contributed by atoms with van der Waals surface area (Å²) in [6.45, 7) is 5.54. The molecule has 5 heteroatoms. The van der Waals surface area contributed by atoms with E-state index in [4.69, 9.17) is 5.11 Å². The molecule has 1 aromatic rings. The van der Waals surface area contributed by atoms with Crippen LogP contribution in [0.3, 0.4) is 0 Å². The lowest BCUT2D eigenvalue weighted by atomic mass is 9.89. The van der Waals surface area contributed by atoms with E-state index >= 15 is 0 Å². The molecular weight excluding hydrogens is 276 g/mol. The molecule has 2 rings (SSSR count). The Bertz CT molecular complexity index is 508. The monoisotopic (exact) mass is 297 g/mol. The highest BCUT2D eigenvalue weighted by Crippen LogP contribution is 2.30. The van der Waals surface area contributed by atoms with E-state index in [0.29, 0.717) is 24.9 Å². The molecule has 0 spiro atoms. The van der Waals surface area contributed by atoms with Gasteiger partial charge in [-0.1, -0.05) is 13.8 Å². The van der Waals surface area contributed by atoms with Gasteiger partial charge in [0, 0.05) is 13.1 Å². The van der Waals surface area contributed by atoms with Crippen LogP contribution in [0.1, 0.15) is 43.5 Å². The van der Waals surface area contributed by atoms with Gasteiger partial charge in [-0.05, 0) is 43.2 Å². The smallest absolute Gasteiger partial charge is 0.335 e. The van der Waals surface area contributed by atoms with Crippen LogP contribution < -0.4 is 4.90 Å². The minimum atomic E-state index is -1.32. The summed E-state index contributed by atoms with van der Waals surface area (Å²) in [5, 5.41) is 8.83. The molecule has 1 aliphatic rings. The Labute approximate surface area is 123 Å². The van der Waals surface area contributed by atoms with E-state index in [2.05, 4.69) is 13.8 Å². The van der Waals surface area contributed by atoms with Gasteiger partial charge in [-0.15, -0.1) is 0 Å². The minimum Gasteiger partial charge on any atom is -0.478 e. The van der Waals surface area contributed by atoms with E-state index in [1.165, 1.54) is 0 Å². The standard InChI is InChI=1S/C16H21F2NO2/c1-10(2)11-4-3-6-19(7-5-11)15-13(17)8-12(16(20)21)9-14(15)18/h8-11H,3-7H2,1-2H3,(H,20,21). The number of anilines is 1. The van der Waals surface area contributed by atoms with Crippen LogP contribution in [0.5, 0.6) is 0 Å². The van der Waals surface area contributed by atoms with Crippen molar-refractivity contribution < 1.29 is 18.7 Å². The van der Waals surface area contributed by atoms with E-state index in [1.54, 1.807) is 4.90 Å². The van der Waals surface area contributed by atoms with Crippen molar-refractivity contribution in [1.82, 2.24) is 0 Å². The van der Waals surface area contributed by atoms with Crippen LogP contribution in [0.2, 0.25) is 0 Å². The molecule has 0 aliphatic carbocycles. The number of rotatable bonds is 3. The molecule has 1 aliphatic heterocycles. The first-order valence-corrected chi connectivity index (χ1v) is 7.37. The molecule has 1 atom stereocenters. The molecule has 0 saturated carbocycles. The molecule has 0 aromatic heterocycles. The quantitative estimate of drug-likeness (QED) is 0.919. The summed E-state index contributed by atoms with van der Waals surface area (Å²) in [6, 6.07) is 1.79. The Morgan fingerprint density at radius 2 is 1.86 bits per heavy atom. The van der Waals surface area contributed by atoms with E-state index in [0.717, 1.165) is 31.4 Å². The fourth-order valence-electron chi connectivity index (χ4n) is 3.00. The molecule has 0 radical (unpaired) electrons. The van der Waals surface area contributed by atoms with Gasteiger partial charge in [-0.25, -0.2) is 13.6 Å². The van der Waals surface area contributed by atoms with Crippen LogP contribution in [0.25, 0.3) is 0 Å².